The molecule has 1 aliphatic carbocycles. The molecular formula is C22H36N4O7S. The number of sulfonamides is 1. The average Bonchev–Trinajstić information content (AvgIpc) is 3.34. The van der Waals surface area contributed by atoms with Gasteiger partial charge in [-0.05, 0) is 51.9 Å². The van der Waals surface area contributed by atoms with Gasteiger partial charge in [-0.25, -0.2) is 13.2 Å². The summed E-state index contributed by atoms with van der Waals surface area (Å²) >= 11 is 0. The summed E-state index contributed by atoms with van der Waals surface area (Å²) in [7, 11) is -3.87. The minimum absolute atomic E-state index is 0.108. The summed E-state index contributed by atoms with van der Waals surface area (Å²) in [5, 5.41) is 13.3. The predicted molar refractivity (Wildman–Crippen MR) is 125 cm³/mol. The maximum atomic E-state index is 13.0. The van der Waals surface area contributed by atoms with Gasteiger partial charge < -0.3 is 20.6 Å². The molecule has 1 heterocycles. The molecule has 0 aromatic rings. The topological polar surface area (TPSA) is 162 Å². The summed E-state index contributed by atoms with van der Waals surface area (Å²) in [6.07, 6.45) is 8.22. The largest absolute Gasteiger partial charge is 0.465 e. The standard InChI is InChI=1S/C22H36N4O7S/c1-3-4-5-6-7-8-10-16(19(28)25-34(32,33)22(2)12-13-22)24-20(29)17-11-9-14-26(17)18(27)15-23-21(30)31/h7-8,16-17,23H,3-6,9-15H2,1-2H3,(H,24,29)(H,25,28)(H,30,31)/b8-7-. The number of rotatable bonds is 13. The molecule has 2 fully saturated rings. The van der Waals surface area contributed by atoms with E-state index in [1.165, 1.54) is 4.90 Å². The number of nitrogens with one attached hydrogen (secondary N) is 3. The van der Waals surface area contributed by atoms with Gasteiger partial charge in [-0.1, -0.05) is 31.9 Å². The number of carbonyl (C=O) groups is 4. The van der Waals surface area contributed by atoms with E-state index < -0.39 is 57.2 Å². The lowest BCUT2D eigenvalue weighted by Gasteiger charge is -2.26. The van der Waals surface area contributed by atoms with Gasteiger partial charge in [-0.15, -0.1) is 0 Å². The molecule has 2 unspecified atom stereocenters. The van der Waals surface area contributed by atoms with Crippen LogP contribution in [0.3, 0.4) is 0 Å². The third-order valence-corrected chi connectivity index (χ3v) is 8.43. The molecule has 0 radical (unpaired) electrons. The van der Waals surface area contributed by atoms with E-state index in [0.717, 1.165) is 25.7 Å². The Morgan fingerprint density at radius 2 is 1.88 bits per heavy atom. The highest BCUT2D eigenvalue weighted by molar-refractivity contribution is 7.91. The number of nitrogens with zero attached hydrogens (tertiary/aromatic N) is 1. The first-order valence-corrected chi connectivity index (χ1v) is 13.3. The summed E-state index contributed by atoms with van der Waals surface area (Å²) < 4.78 is 26.2. The van der Waals surface area contributed by atoms with Gasteiger partial charge in [0.05, 0.1) is 4.75 Å². The maximum Gasteiger partial charge on any atom is 0.405 e. The first-order valence-electron chi connectivity index (χ1n) is 11.8. The summed E-state index contributed by atoms with van der Waals surface area (Å²) in [5.41, 5.74) is 0. The molecule has 2 atom stereocenters. The van der Waals surface area contributed by atoms with Crippen LogP contribution >= 0.6 is 0 Å². The second kappa shape index (κ2) is 12.2. The number of unbranched alkanes of at least 4 members (excludes halogenated alkanes) is 3. The summed E-state index contributed by atoms with van der Waals surface area (Å²) in [6, 6.07) is -1.98. The Morgan fingerprint density at radius 3 is 2.50 bits per heavy atom. The van der Waals surface area contributed by atoms with Crippen molar-refractivity contribution in [2.24, 2.45) is 0 Å². The van der Waals surface area contributed by atoms with E-state index in [4.69, 9.17) is 5.11 Å². The number of allylic oxidation sites excluding steroid dienone is 1. The molecule has 4 N–H and O–H groups in total. The normalized spacial score (nSPS) is 20.1. The van der Waals surface area contributed by atoms with Gasteiger partial charge in [-0.2, -0.15) is 0 Å². The third kappa shape index (κ3) is 7.71. The van der Waals surface area contributed by atoms with Gasteiger partial charge in [0, 0.05) is 6.54 Å². The quantitative estimate of drug-likeness (QED) is 0.218. The van der Waals surface area contributed by atoms with Gasteiger partial charge >= 0.3 is 6.09 Å². The molecule has 4 amide bonds. The Kier molecular flexibility index (Phi) is 9.90. The number of hydrogen-bond donors (Lipinski definition) is 4. The molecule has 12 heteroatoms. The van der Waals surface area contributed by atoms with Crippen LogP contribution in [-0.2, 0) is 24.4 Å². The second-order valence-electron chi connectivity index (χ2n) is 9.09. The van der Waals surface area contributed by atoms with Crippen molar-refractivity contribution >= 4 is 33.8 Å². The molecule has 0 spiro atoms. The van der Waals surface area contributed by atoms with Crippen molar-refractivity contribution in [1.82, 2.24) is 20.3 Å². The Hall–Kier alpha value is -2.63. The lowest BCUT2D eigenvalue weighted by Crippen LogP contribution is -2.55. The van der Waals surface area contributed by atoms with Crippen molar-refractivity contribution in [3.05, 3.63) is 12.2 Å². The Bertz CT molecular complexity index is 899. The van der Waals surface area contributed by atoms with Crippen molar-refractivity contribution < 1.29 is 32.7 Å². The fraction of sp³-hybridized carbons (Fsp3) is 0.727. The SMILES string of the molecule is CCCCC/C=C\CC(NC(=O)C1CCCN1C(=O)CNC(=O)O)C(=O)NS(=O)(=O)C1(C)CC1. The zero-order valence-electron chi connectivity index (χ0n) is 19.8. The van der Waals surface area contributed by atoms with Gasteiger partial charge in [0.15, 0.2) is 0 Å². The van der Waals surface area contributed by atoms with Crippen LogP contribution in [0.15, 0.2) is 12.2 Å². The van der Waals surface area contributed by atoms with Crippen molar-refractivity contribution in [2.75, 3.05) is 13.1 Å². The molecule has 1 aliphatic heterocycles. The van der Waals surface area contributed by atoms with E-state index in [9.17, 15) is 27.6 Å². The molecule has 192 valence electrons. The molecular weight excluding hydrogens is 464 g/mol. The van der Waals surface area contributed by atoms with Crippen molar-refractivity contribution in [2.45, 2.75) is 88.5 Å². The van der Waals surface area contributed by atoms with E-state index in [-0.39, 0.29) is 6.42 Å². The van der Waals surface area contributed by atoms with Crippen molar-refractivity contribution in [3.63, 3.8) is 0 Å². The first kappa shape index (κ1) is 27.6. The van der Waals surface area contributed by atoms with Gasteiger partial charge in [0.1, 0.15) is 18.6 Å². The minimum atomic E-state index is -3.87. The monoisotopic (exact) mass is 500 g/mol. The first-order chi connectivity index (χ1) is 16.0. The van der Waals surface area contributed by atoms with E-state index in [1.54, 1.807) is 13.0 Å². The summed E-state index contributed by atoms with van der Waals surface area (Å²) in [6.45, 7) is 3.49. The van der Waals surface area contributed by atoms with E-state index in [1.807, 2.05) is 11.4 Å². The number of amides is 4. The van der Waals surface area contributed by atoms with Crippen LogP contribution in [0.4, 0.5) is 4.79 Å². The molecule has 2 rings (SSSR count). The Labute approximate surface area is 200 Å². The van der Waals surface area contributed by atoms with Crippen LogP contribution in [0.1, 0.15) is 71.6 Å². The molecule has 1 saturated heterocycles. The highest BCUT2D eigenvalue weighted by atomic mass is 32.2. The van der Waals surface area contributed by atoms with Gasteiger partial charge in [0.25, 0.3) is 5.91 Å². The Morgan fingerprint density at radius 1 is 1.18 bits per heavy atom. The lowest BCUT2D eigenvalue weighted by molar-refractivity contribution is -0.138. The number of carboxylic acid groups (broad SMARTS) is 1. The van der Waals surface area contributed by atoms with Crippen molar-refractivity contribution in [3.8, 4) is 0 Å². The molecule has 34 heavy (non-hydrogen) atoms. The predicted octanol–water partition coefficient (Wildman–Crippen LogP) is 1.25. The Balaban J connectivity index is 2.06. The molecule has 2 aliphatic rings. The molecule has 1 saturated carbocycles. The smallest absolute Gasteiger partial charge is 0.405 e. The second-order valence-corrected chi connectivity index (χ2v) is 11.3. The van der Waals surface area contributed by atoms with E-state index >= 15 is 0 Å². The van der Waals surface area contributed by atoms with Crippen LogP contribution in [0, 0.1) is 0 Å². The molecule has 11 nitrogen and oxygen atoms in total. The summed E-state index contributed by atoms with van der Waals surface area (Å²) in [4.78, 5) is 50.1. The van der Waals surface area contributed by atoms with E-state index in [2.05, 4.69) is 17.0 Å². The van der Waals surface area contributed by atoms with Crippen molar-refractivity contribution in [1.29, 1.82) is 0 Å². The fourth-order valence-corrected chi connectivity index (χ4v) is 5.02. The van der Waals surface area contributed by atoms with Gasteiger partial charge in [-0.3, -0.25) is 19.1 Å². The van der Waals surface area contributed by atoms with Crippen LogP contribution in [0.25, 0.3) is 0 Å². The van der Waals surface area contributed by atoms with Crippen LogP contribution in [0.2, 0.25) is 0 Å². The van der Waals surface area contributed by atoms with Crippen LogP contribution in [-0.4, -0.2) is 72.2 Å². The highest BCUT2D eigenvalue weighted by Gasteiger charge is 2.51. The average molecular weight is 501 g/mol. The lowest BCUT2D eigenvalue weighted by atomic mass is 10.1. The van der Waals surface area contributed by atoms with Gasteiger partial charge in [0.2, 0.25) is 21.8 Å². The zero-order valence-corrected chi connectivity index (χ0v) is 20.7. The number of hydrogen-bond acceptors (Lipinski definition) is 6. The van der Waals surface area contributed by atoms with E-state index in [0.29, 0.717) is 32.2 Å². The molecule has 0 aromatic heterocycles. The van der Waals surface area contributed by atoms with Crippen LogP contribution in [0.5, 0.6) is 0 Å². The summed E-state index contributed by atoms with van der Waals surface area (Å²) in [5.74, 6) is -1.93. The van der Waals surface area contributed by atoms with Crippen LogP contribution < -0.4 is 15.4 Å². The fourth-order valence-electron chi connectivity index (χ4n) is 3.72. The number of likely N-dealkylation sites (tertiary alicyclic amines) is 1. The minimum Gasteiger partial charge on any atom is -0.465 e. The molecule has 0 aromatic carbocycles. The maximum absolute atomic E-state index is 13.0. The molecule has 0 bridgehead atoms. The zero-order chi connectivity index (χ0) is 25.4. The third-order valence-electron chi connectivity index (χ3n) is 6.25. The highest BCUT2D eigenvalue weighted by Crippen LogP contribution is 2.42. The number of carbonyl (C=O) groups excluding carboxylic acids is 3.